The average Bonchev–Trinajstić information content (AvgIpc) is 2.26. The van der Waals surface area contributed by atoms with Crippen LogP contribution >= 0.6 is 15.9 Å². The van der Waals surface area contributed by atoms with E-state index in [-0.39, 0.29) is 6.04 Å². The number of benzene rings is 1. The van der Waals surface area contributed by atoms with Gasteiger partial charge in [0, 0.05) is 16.4 Å². The van der Waals surface area contributed by atoms with E-state index in [1.165, 1.54) is 5.56 Å². The molecule has 0 saturated carbocycles. The van der Waals surface area contributed by atoms with Crippen LogP contribution in [0.3, 0.4) is 0 Å². The number of rotatable bonds is 2. The Labute approximate surface area is 104 Å². The molecule has 0 spiro atoms. The maximum Gasteiger partial charge on any atom is 0.164 e. The fourth-order valence-corrected chi connectivity index (χ4v) is 2.44. The molecule has 1 heterocycles. The number of halogens is 1. The molecule has 3 nitrogen and oxygen atoms in total. The van der Waals surface area contributed by atoms with Crippen molar-refractivity contribution in [2.45, 2.75) is 19.4 Å². The van der Waals surface area contributed by atoms with Crippen molar-refractivity contribution in [2.24, 2.45) is 11.7 Å². The summed E-state index contributed by atoms with van der Waals surface area (Å²) in [7, 11) is 1.66. The van der Waals surface area contributed by atoms with Gasteiger partial charge in [-0.05, 0) is 31.0 Å². The lowest BCUT2D eigenvalue weighted by Gasteiger charge is -2.28. The minimum atomic E-state index is 0.151. The molecule has 4 heteroatoms. The van der Waals surface area contributed by atoms with E-state index >= 15 is 0 Å². The molecular weight excluding hydrogens is 270 g/mol. The second kappa shape index (κ2) is 4.63. The van der Waals surface area contributed by atoms with Gasteiger partial charge in [-0.15, -0.1) is 0 Å². The van der Waals surface area contributed by atoms with Crippen molar-refractivity contribution < 1.29 is 9.47 Å². The molecule has 0 bridgehead atoms. The van der Waals surface area contributed by atoms with Gasteiger partial charge in [0.2, 0.25) is 0 Å². The van der Waals surface area contributed by atoms with Crippen molar-refractivity contribution in [3.63, 3.8) is 0 Å². The van der Waals surface area contributed by atoms with Gasteiger partial charge < -0.3 is 15.2 Å². The molecular formula is C12H16BrNO2. The number of ether oxygens (including phenoxy) is 2. The zero-order chi connectivity index (χ0) is 11.7. The van der Waals surface area contributed by atoms with E-state index in [0.29, 0.717) is 12.5 Å². The predicted octanol–water partition coefficient (Wildman–Crippen LogP) is 2.36. The lowest BCUT2D eigenvalue weighted by Crippen LogP contribution is -2.35. The Kier molecular flexibility index (Phi) is 3.40. The molecule has 1 aromatic carbocycles. The number of hydrogen-bond acceptors (Lipinski definition) is 3. The molecule has 0 aliphatic carbocycles. The van der Waals surface area contributed by atoms with E-state index in [1.54, 1.807) is 7.11 Å². The summed E-state index contributed by atoms with van der Waals surface area (Å²) < 4.78 is 12.1. The summed E-state index contributed by atoms with van der Waals surface area (Å²) in [5.41, 5.74) is 7.08. The van der Waals surface area contributed by atoms with Crippen LogP contribution < -0.4 is 15.2 Å². The Morgan fingerprint density at radius 2 is 2.31 bits per heavy atom. The molecule has 2 N–H and O–H groups in total. The average molecular weight is 286 g/mol. The summed E-state index contributed by atoms with van der Waals surface area (Å²) in [6, 6.07) is 4.15. The molecule has 0 saturated heterocycles. The van der Waals surface area contributed by atoms with E-state index in [9.17, 15) is 0 Å². The molecule has 2 rings (SSSR count). The minimum Gasteiger partial charge on any atom is -0.493 e. The highest BCUT2D eigenvalue weighted by Gasteiger charge is 2.25. The first-order chi connectivity index (χ1) is 7.61. The fourth-order valence-electron chi connectivity index (χ4n) is 1.96. The summed E-state index contributed by atoms with van der Waals surface area (Å²) >= 11 is 3.47. The normalized spacial score (nSPS) is 20.9. The Morgan fingerprint density at radius 1 is 1.56 bits per heavy atom. The van der Waals surface area contributed by atoms with E-state index < -0.39 is 0 Å². The Hall–Kier alpha value is -0.740. The minimum absolute atomic E-state index is 0.151. The molecule has 2 atom stereocenters. The lowest BCUT2D eigenvalue weighted by atomic mass is 9.91. The number of fused-ring (bicyclic) bond motifs is 1. The van der Waals surface area contributed by atoms with Crippen LogP contribution in [0.5, 0.6) is 11.5 Å². The quantitative estimate of drug-likeness (QED) is 0.907. The molecule has 88 valence electrons. The largest absolute Gasteiger partial charge is 0.493 e. The third-order valence-corrected chi connectivity index (χ3v) is 3.44. The molecule has 1 aliphatic heterocycles. The SMILES string of the molecule is COc1cc(Br)cc2c1OCC([C@@H](C)N)C2. The highest BCUT2D eigenvalue weighted by Crippen LogP contribution is 2.39. The van der Waals surface area contributed by atoms with Gasteiger partial charge >= 0.3 is 0 Å². The van der Waals surface area contributed by atoms with Gasteiger partial charge in [-0.3, -0.25) is 0 Å². The van der Waals surface area contributed by atoms with Gasteiger partial charge in [0.25, 0.3) is 0 Å². The maximum absolute atomic E-state index is 5.91. The van der Waals surface area contributed by atoms with Crippen molar-refractivity contribution in [2.75, 3.05) is 13.7 Å². The third kappa shape index (κ3) is 2.18. The van der Waals surface area contributed by atoms with Gasteiger partial charge in [0.15, 0.2) is 11.5 Å². The topological polar surface area (TPSA) is 44.5 Å². The van der Waals surface area contributed by atoms with Crippen molar-refractivity contribution in [1.82, 2.24) is 0 Å². The lowest BCUT2D eigenvalue weighted by molar-refractivity contribution is 0.196. The summed E-state index contributed by atoms with van der Waals surface area (Å²) in [5, 5.41) is 0. The van der Waals surface area contributed by atoms with Gasteiger partial charge in [-0.2, -0.15) is 0 Å². The molecule has 16 heavy (non-hydrogen) atoms. The van der Waals surface area contributed by atoms with Crippen LogP contribution in [-0.4, -0.2) is 19.8 Å². The molecule has 0 aromatic heterocycles. The number of nitrogens with two attached hydrogens (primary N) is 1. The van der Waals surface area contributed by atoms with Crippen LogP contribution in [0.25, 0.3) is 0 Å². The van der Waals surface area contributed by atoms with E-state index in [4.69, 9.17) is 15.2 Å². The predicted molar refractivity (Wildman–Crippen MR) is 67.0 cm³/mol. The van der Waals surface area contributed by atoms with Crippen LogP contribution in [0.4, 0.5) is 0 Å². The zero-order valence-electron chi connectivity index (χ0n) is 9.50. The smallest absolute Gasteiger partial charge is 0.164 e. The summed E-state index contributed by atoms with van der Waals surface area (Å²) in [4.78, 5) is 0. The van der Waals surface area contributed by atoms with E-state index in [2.05, 4.69) is 22.0 Å². The monoisotopic (exact) mass is 285 g/mol. The van der Waals surface area contributed by atoms with Gasteiger partial charge in [0.05, 0.1) is 13.7 Å². The molecule has 1 aliphatic rings. The summed E-state index contributed by atoms with van der Waals surface area (Å²) in [5.74, 6) is 2.03. The first kappa shape index (κ1) is 11.7. The van der Waals surface area contributed by atoms with Crippen LogP contribution in [0.1, 0.15) is 12.5 Å². The molecule has 0 fully saturated rings. The maximum atomic E-state index is 5.91. The zero-order valence-corrected chi connectivity index (χ0v) is 11.1. The van der Waals surface area contributed by atoms with Crippen LogP contribution in [-0.2, 0) is 6.42 Å². The Morgan fingerprint density at radius 3 is 2.94 bits per heavy atom. The fraction of sp³-hybridized carbons (Fsp3) is 0.500. The van der Waals surface area contributed by atoms with Crippen molar-refractivity contribution >= 4 is 15.9 Å². The Bertz CT molecular complexity index is 393. The van der Waals surface area contributed by atoms with Gasteiger partial charge in [-0.1, -0.05) is 15.9 Å². The van der Waals surface area contributed by atoms with Crippen molar-refractivity contribution in [3.8, 4) is 11.5 Å². The molecule has 1 aromatic rings. The molecule has 0 amide bonds. The first-order valence-corrected chi connectivity index (χ1v) is 6.16. The second-order valence-corrected chi connectivity index (χ2v) is 5.15. The number of methoxy groups -OCH3 is 1. The highest BCUT2D eigenvalue weighted by molar-refractivity contribution is 9.10. The van der Waals surface area contributed by atoms with E-state index in [0.717, 1.165) is 22.4 Å². The van der Waals surface area contributed by atoms with E-state index in [1.807, 2.05) is 13.0 Å². The highest BCUT2D eigenvalue weighted by atomic mass is 79.9. The van der Waals surface area contributed by atoms with Crippen molar-refractivity contribution in [1.29, 1.82) is 0 Å². The second-order valence-electron chi connectivity index (χ2n) is 4.23. The Balaban J connectivity index is 2.35. The summed E-state index contributed by atoms with van der Waals surface area (Å²) in [6.45, 7) is 2.69. The van der Waals surface area contributed by atoms with Crippen LogP contribution in [0, 0.1) is 5.92 Å². The van der Waals surface area contributed by atoms with Crippen molar-refractivity contribution in [3.05, 3.63) is 22.2 Å². The first-order valence-electron chi connectivity index (χ1n) is 5.36. The van der Waals surface area contributed by atoms with Crippen LogP contribution in [0.15, 0.2) is 16.6 Å². The summed E-state index contributed by atoms with van der Waals surface area (Å²) in [6.07, 6.45) is 0.947. The van der Waals surface area contributed by atoms with Gasteiger partial charge in [-0.25, -0.2) is 0 Å². The van der Waals surface area contributed by atoms with Crippen LogP contribution in [0.2, 0.25) is 0 Å². The standard InChI is InChI=1S/C12H16BrNO2/c1-7(14)9-3-8-4-10(13)5-11(15-2)12(8)16-6-9/h4-5,7,9H,3,6,14H2,1-2H3/t7-,9?/m1/s1. The third-order valence-electron chi connectivity index (χ3n) is 2.98. The van der Waals surface area contributed by atoms with Gasteiger partial charge in [0.1, 0.15) is 0 Å². The molecule has 1 unspecified atom stereocenters. The number of hydrogen-bond donors (Lipinski definition) is 1. The molecule has 0 radical (unpaired) electrons.